The molecule has 0 aromatic carbocycles. The number of hydrogen-bond donors (Lipinski definition) is 4. The molecule has 0 amide bonds. The van der Waals surface area contributed by atoms with Crippen LogP contribution in [0.25, 0.3) is 0 Å². The number of aliphatic hydroxyl groups excluding tert-OH is 4. The highest BCUT2D eigenvalue weighted by molar-refractivity contribution is 6.67. The molecular weight excluding hydrogens is 298 g/mol. The Hall–Kier alpha value is 0.630. The molecule has 1 rings (SSSR count). The van der Waals surface area contributed by atoms with Gasteiger partial charge in [0.2, 0.25) is 3.79 Å². The van der Waals surface area contributed by atoms with Crippen molar-refractivity contribution >= 4 is 34.8 Å². The van der Waals surface area contributed by atoms with E-state index in [0.29, 0.717) is 0 Å². The average molecular weight is 312 g/mol. The molecule has 1 aliphatic rings. The lowest BCUT2D eigenvalue weighted by Crippen LogP contribution is -2.59. The second-order valence-corrected chi connectivity index (χ2v) is 6.14. The molecule has 4 N–H and O–H groups in total. The predicted molar refractivity (Wildman–Crippen MR) is 60.0 cm³/mol. The molecule has 6 nitrogen and oxygen atoms in total. The summed E-state index contributed by atoms with van der Waals surface area (Å²) in [6, 6.07) is 0. The lowest BCUT2D eigenvalue weighted by Gasteiger charge is -2.39. The Morgan fingerprint density at radius 1 is 1.06 bits per heavy atom. The van der Waals surface area contributed by atoms with Gasteiger partial charge in [-0.15, -0.1) is 0 Å². The van der Waals surface area contributed by atoms with E-state index in [4.69, 9.17) is 49.4 Å². The Morgan fingerprint density at radius 2 is 1.65 bits per heavy atom. The van der Waals surface area contributed by atoms with Crippen LogP contribution in [0.3, 0.4) is 0 Å². The van der Waals surface area contributed by atoms with Crippen molar-refractivity contribution < 1.29 is 29.9 Å². The van der Waals surface area contributed by atoms with Crippen molar-refractivity contribution in [2.45, 2.75) is 34.5 Å². The normalized spacial score (nSPS) is 39.4. The maximum atomic E-state index is 9.55. The first-order valence-electron chi connectivity index (χ1n) is 4.75. The molecule has 102 valence electrons. The second-order valence-electron chi connectivity index (χ2n) is 3.62. The van der Waals surface area contributed by atoms with Gasteiger partial charge in [0.1, 0.15) is 24.4 Å². The van der Waals surface area contributed by atoms with Gasteiger partial charge in [0.25, 0.3) is 0 Å². The van der Waals surface area contributed by atoms with Crippen LogP contribution in [-0.2, 0) is 9.47 Å². The number of ether oxygens (including phenoxy) is 2. The number of aliphatic hydroxyl groups is 4. The Kier molecular flexibility index (Phi) is 5.71. The van der Waals surface area contributed by atoms with Crippen LogP contribution in [0.4, 0.5) is 0 Å². The fourth-order valence-electron chi connectivity index (χ4n) is 1.38. The van der Waals surface area contributed by atoms with E-state index in [-0.39, 0.29) is 6.61 Å². The van der Waals surface area contributed by atoms with Crippen LogP contribution in [0.5, 0.6) is 0 Å². The molecule has 1 heterocycles. The van der Waals surface area contributed by atoms with Crippen LogP contribution in [0, 0.1) is 0 Å². The molecule has 0 aromatic rings. The summed E-state index contributed by atoms with van der Waals surface area (Å²) in [6.45, 7) is -0.918. The number of halogens is 3. The van der Waals surface area contributed by atoms with Gasteiger partial charge < -0.3 is 29.9 Å². The van der Waals surface area contributed by atoms with E-state index in [2.05, 4.69) is 0 Å². The van der Waals surface area contributed by atoms with Gasteiger partial charge >= 0.3 is 0 Å². The Balaban J connectivity index is 2.59. The van der Waals surface area contributed by atoms with Crippen LogP contribution in [0.2, 0.25) is 0 Å². The quantitative estimate of drug-likeness (QED) is 0.508. The van der Waals surface area contributed by atoms with Crippen molar-refractivity contribution in [1.29, 1.82) is 0 Å². The van der Waals surface area contributed by atoms with Crippen LogP contribution < -0.4 is 0 Å². The summed E-state index contributed by atoms with van der Waals surface area (Å²) in [5, 5.41) is 37.3. The van der Waals surface area contributed by atoms with Gasteiger partial charge in [-0.25, -0.2) is 0 Å². The zero-order valence-corrected chi connectivity index (χ0v) is 10.8. The third-order valence-corrected chi connectivity index (χ3v) is 2.59. The largest absolute Gasteiger partial charge is 0.394 e. The topological polar surface area (TPSA) is 99.4 Å². The molecule has 0 spiro atoms. The summed E-state index contributed by atoms with van der Waals surface area (Å²) in [6.07, 6.45) is -6.79. The Labute approximate surface area is 113 Å². The molecule has 0 aromatic heterocycles. The van der Waals surface area contributed by atoms with Crippen molar-refractivity contribution in [2.24, 2.45) is 0 Å². The maximum Gasteiger partial charge on any atom is 0.213 e. The van der Waals surface area contributed by atoms with Gasteiger partial charge in [-0.3, -0.25) is 0 Å². The maximum absolute atomic E-state index is 9.55. The highest BCUT2D eigenvalue weighted by atomic mass is 35.6. The van der Waals surface area contributed by atoms with E-state index in [9.17, 15) is 15.3 Å². The summed E-state index contributed by atoms with van der Waals surface area (Å²) in [7, 11) is 0. The summed E-state index contributed by atoms with van der Waals surface area (Å²) in [4.78, 5) is 0. The third kappa shape index (κ3) is 4.34. The van der Waals surface area contributed by atoms with Gasteiger partial charge in [0.15, 0.2) is 6.29 Å². The molecule has 5 atom stereocenters. The number of rotatable bonds is 3. The van der Waals surface area contributed by atoms with Crippen molar-refractivity contribution in [3.05, 3.63) is 0 Å². The molecule has 0 unspecified atom stereocenters. The molecule has 0 aliphatic carbocycles. The molecule has 0 bridgehead atoms. The van der Waals surface area contributed by atoms with E-state index < -0.39 is 41.1 Å². The second kappa shape index (κ2) is 6.18. The Bertz CT molecular complexity index is 246. The SMILES string of the molecule is OC[C@H]1O[C@H](OCC(Cl)(Cl)Cl)[C@H](O)[C@@H](O)[C@H]1O. The van der Waals surface area contributed by atoms with Crippen molar-refractivity contribution in [3.63, 3.8) is 0 Å². The van der Waals surface area contributed by atoms with Gasteiger partial charge in [-0.1, -0.05) is 34.8 Å². The molecule has 0 radical (unpaired) electrons. The lowest BCUT2D eigenvalue weighted by molar-refractivity contribution is -0.300. The Morgan fingerprint density at radius 3 is 2.12 bits per heavy atom. The van der Waals surface area contributed by atoms with Crippen molar-refractivity contribution in [3.8, 4) is 0 Å². The lowest BCUT2D eigenvalue weighted by atomic mass is 9.99. The molecular formula is C8H13Cl3O6. The standard InChI is InChI=1S/C8H13Cl3O6/c9-8(10,11)2-16-7-6(15)5(14)4(13)3(1-12)17-7/h3-7,12-15H,1-2H2/t3-,4+,5+,6-,7+/m1/s1. The van der Waals surface area contributed by atoms with Gasteiger partial charge in [-0.05, 0) is 0 Å². The van der Waals surface area contributed by atoms with Crippen molar-refractivity contribution in [2.75, 3.05) is 13.2 Å². The predicted octanol–water partition coefficient (Wildman–Crippen LogP) is -0.827. The van der Waals surface area contributed by atoms with Crippen LogP contribution in [0.1, 0.15) is 0 Å². The van der Waals surface area contributed by atoms with Gasteiger partial charge in [0.05, 0.1) is 13.2 Å². The first-order valence-corrected chi connectivity index (χ1v) is 5.88. The minimum absolute atomic E-state index is 0.375. The summed E-state index contributed by atoms with van der Waals surface area (Å²) in [5.41, 5.74) is 0. The monoisotopic (exact) mass is 310 g/mol. The first-order chi connectivity index (χ1) is 7.76. The molecule has 17 heavy (non-hydrogen) atoms. The summed E-state index contributed by atoms with van der Waals surface area (Å²) >= 11 is 16.3. The van der Waals surface area contributed by atoms with Crippen LogP contribution in [0.15, 0.2) is 0 Å². The van der Waals surface area contributed by atoms with Gasteiger partial charge in [-0.2, -0.15) is 0 Å². The zero-order valence-electron chi connectivity index (χ0n) is 8.54. The number of hydrogen-bond acceptors (Lipinski definition) is 6. The van der Waals surface area contributed by atoms with Crippen molar-refractivity contribution in [1.82, 2.24) is 0 Å². The van der Waals surface area contributed by atoms with E-state index >= 15 is 0 Å². The minimum Gasteiger partial charge on any atom is -0.394 e. The highest BCUT2D eigenvalue weighted by Crippen LogP contribution is 2.29. The average Bonchev–Trinajstić information content (AvgIpc) is 2.24. The first kappa shape index (κ1) is 15.7. The smallest absolute Gasteiger partial charge is 0.213 e. The van der Waals surface area contributed by atoms with Crippen LogP contribution in [-0.4, -0.2) is 68.1 Å². The van der Waals surface area contributed by atoms with E-state index in [1.807, 2.05) is 0 Å². The van der Waals surface area contributed by atoms with E-state index in [0.717, 1.165) is 0 Å². The fraction of sp³-hybridized carbons (Fsp3) is 1.00. The molecule has 0 saturated carbocycles. The van der Waals surface area contributed by atoms with Crippen LogP contribution >= 0.6 is 34.8 Å². The molecule has 1 saturated heterocycles. The highest BCUT2D eigenvalue weighted by Gasteiger charge is 2.44. The molecule has 1 aliphatic heterocycles. The van der Waals surface area contributed by atoms with Gasteiger partial charge in [0, 0.05) is 0 Å². The summed E-state index contributed by atoms with van der Waals surface area (Å²) < 4.78 is 8.28. The molecule has 1 fully saturated rings. The summed E-state index contributed by atoms with van der Waals surface area (Å²) in [5.74, 6) is 0. The zero-order chi connectivity index (χ0) is 13.2. The number of alkyl halides is 3. The fourth-order valence-corrected chi connectivity index (χ4v) is 1.57. The minimum atomic E-state index is -1.70. The van der Waals surface area contributed by atoms with E-state index in [1.165, 1.54) is 0 Å². The molecule has 9 heteroatoms. The third-order valence-electron chi connectivity index (χ3n) is 2.26. The van der Waals surface area contributed by atoms with E-state index in [1.54, 1.807) is 0 Å².